The highest BCUT2D eigenvalue weighted by Crippen LogP contribution is 2.16. The standard InChI is InChI=1S/C70H122O6/c1-4-7-10-13-16-19-22-25-28-31-33-34-35-36-38-39-42-45-48-51-54-57-60-63-69(72)75-66-67(65-74-68(71)62-59-56-53-50-47-44-41-30-27-24-21-18-15-12-9-6-3)76-70(73)64-61-58-55-52-49-46-43-40-37-32-29-26-23-20-17-14-11-8-5-2/h8,11,17,20,22,25-26,29-31,33,37,40-41,67H,4-7,9-10,12-16,18-19,21,23-24,27-28,32,34-36,38-39,42-66H2,1-3H3/b11-8-,20-17-,25-22-,29-26-,33-31-,40-37-,41-30-. The van der Waals surface area contributed by atoms with Gasteiger partial charge in [-0.05, 0) is 116 Å². The van der Waals surface area contributed by atoms with Gasteiger partial charge in [-0.1, -0.05) is 273 Å². The van der Waals surface area contributed by atoms with Crippen LogP contribution in [0.15, 0.2) is 85.1 Å². The van der Waals surface area contributed by atoms with E-state index >= 15 is 0 Å². The fourth-order valence-corrected chi connectivity index (χ4v) is 9.23. The van der Waals surface area contributed by atoms with Gasteiger partial charge in [-0.3, -0.25) is 14.4 Å². The molecule has 0 saturated heterocycles. The van der Waals surface area contributed by atoms with Crippen LogP contribution < -0.4 is 0 Å². The number of esters is 3. The first kappa shape index (κ1) is 72.6. The summed E-state index contributed by atoms with van der Waals surface area (Å²) in [5, 5.41) is 0. The third kappa shape index (κ3) is 61.4. The molecule has 1 atom stereocenters. The summed E-state index contributed by atoms with van der Waals surface area (Å²) in [6, 6.07) is 0. The second-order valence-corrected chi connectivity index (χ2v) is 21.6. The molecule has 0 aromatic rings. The van der Waals surface area contributed by atoms with Crippen LogP contribution in [0.3, 0.4) is 0 Å². The van der Waals surface area contributed by atoms with Crippen molar-refractivity contribution < 1.29 is 28.6 Å². The van der Waals surface area contributed by atoms with Gasteiger partial charge in [-0.15, -0.1) is 0 Å². The highest BCUT2D eigenvalue weighted by molar-refractivity contribution is 5.71. The highest BCUT2D eigenvalue weighted by Gasteiger charge is 2.19. The van der Waals surface area contributed by atoms with Gasteiger partial charge >= 0.3 is 17.9 Å². The van der Waals surface area contributed by atoms with Crippen molar-refractivity contribution in [1.29, 1.82) is 0 Å². The fraction of sp³-hybridized carbons (Fsp3) is 0.757. The number of allylic oxidation sites excluding steroid dienone is 14. The maximum absolute atomic E-state index is 12.9. The zero-order valence-electron chi connectivity index (χ0n) is 50.3. The SMILES string of the molecule is CC/C=C\C/C=C\C/C=C\C/C=C\CCCCCCCCC(=O)OC(COC(=O)CCCCCCC/C=C\CCCCCCCCC)COC(=O)CCCCCCCCCCCCC/C=C\C/C=C\CCCCCCC. The maximum Gasteiger partial charge on any atom is 0.306 e. The zero-order valence-corrected chi connectivity index (χ0v) is 50.3. The van der Waals surface area contributed by atoms with Crippen molar-refractivity contribution in [2.45, 2.75) is 329 Å². The molecule has 0 aliphatic heterocycles. The average Bonchev–Trinajstić information content (AvgIpc) is 3.42. The van der Waals surface area contributed by atoms with Crippen LogP contribution in [0.25, 0.3) is 0 Å². The van der Waals surface area contributed by atoms with Crippen molar-refractivity contribution in [2.75, 3.05) is 13.2 Å². The van der Waals surface area contributed by atoms with E-state index in [1.165, 1.54) is 173 Å². The first-order valence-corrected chi connectivity index (χ1v) is 32.6. The molecule has 0 aliphatic carbocycles. The Bertz CT molecular complexity index is 1450. The average molecular weight is 1060 g/mol. The van der Waals surface area contributed by atoms with Gasteiger partial charge in [0, 0.05) is 19.3 Å². The van der Waals surface area contributed by atoms with E-state index in [2.05, 4.69) is 106 Å². The molecule has 0 N–H and O–H groups in total. The second-order valence-electron chi connectivity index (χ2n) is 21.6. The molecule has 0 rings (SSSR count). The van der Waals surface area contributed by atoms with E-state index in [-0.39, 0.29) is 31.1 Å². The molecule has 0 aromatic carbocycles. The number of carbonyl (C=O) groups excluding carboxylic acids is 3. The minimum absolute atomic E-state index is 0.0850. The Morgan fingerprint density at radius 3 is 0.816 bits per heavy atom. The summed E-state index contributed by atoms with van der Waals surface area (Å²) in [7, 11) is 0. The van der Waals surface area contributed by atoms with Gasteiger partial charge in [0.05, 0.1) is 0 Å². The van der Waals surface area contributed by atoms with Crippen LogP contribution in [0.1, 0.15) is 323 Å². The molecular weight excluding hydrogens is 937 g/mol. The normalized spacial score (nSPS) is 12.6. The molecular formula is C70H122O6. The van der Waals surface area contributed by atoms with E-state index in [0.29, 0.717) is 19.3 Å². The first-order valence-electron chi connectivity index (χ1n) is 32.6. The number of unbranched alkanes of at least 4 members (excludes halogenated alkanes) is 34. The lowest BCUT2D eigenvalue weighted by molar-refractivity contribution is -0.167. The topological polar surface area (TPSA) is 78.9 Å². The molecule has 0 bridgehead atoms. The van der Waals surface area contributed by atoms with Gasteiger partial charge in [0.15, 0.2) is 6.10 Å². The summed E-state index contributed by atoms with van der Waals surface area (Å²) < 4.78 is 16.9. The Morgan fingerprint density at radius 2 is 0.513 bits per heavy atom. The fourth-order valence-electron chi connectivity index (χ4n) is 9.23. The third-order valence-electron chi connectivity index (χ3n) is 14.1. The smallest absolute Gasteiger partial charge is 0.306 e. The Labute approximate surface area is 471 Å². The molecule has 0 aliphatic rings. The van der Waals surface area contributed by atoms with Gasteiger partial charge in [-0.2, -0.15) is 0 Å². The summed E-state index contributed by atoms with van der Waals surface area (Å²) in [5.41, 5.74) is 0. The third-order valence-corrected chi connectivity index (χ3v) is 14.1. The summed E-state index contributed by atoms with van der Waals surface area (Å²) in [6.45, 7) is 6.53. The van der Waals surface area contributed by atoms with Crippen LogP contribution in [0.4, 0.5) is 0 Å². The van der Waals surface area contributed by atoms with E-state index < -0.39 is 6.10 Å². The molecule has 76 heavy (non-hydrogen) atoms. The van der Waals surface area contributed by atoms with Gasteiger partial charge in [0.25, 0.3) is 0 Å². The molecule has 1 unspecified atom stereocenters. The largest absolute Gasteiger partial charge is 0.462 e. The van der Waals surface area contributed by atoms with E-state index in [4.69, 9.17) is 14.2 Å². The summed E-state index contributed by atoms with van der Waals surface area (Å²) in [4.78, 5) is 38.4. The van der Waals surface area contributed by atoms with Crippen molar-refractivity contribution in [3.63, 3.8) is 0 Å². The minimum Gasteiger partial charge on any atom is -0.462 e. The first-order chi connectivity index (χ1) is 37.5. The van der Waals surface area contributed by atoms with Crippen molar-refractivity contribution in [3.05, 3.63) is 85.1 Å². The van der Waals surface area contributed by atoms with Gasteiger partial charge < -0.3 is 14.2 Å². The Hall–Kier alpha value is -3.41. The lowest BCUT2D eigenvalue weighted by Crippen LogP contribution is -2.30. The molecule has 0 spiro atoms. The Kier molecular flexibility index (Phi) is 61.2. The molecule has 6 nitrogen and oxygen atoms in total. The minimum atomic E-state index is -0.790. The molecule has 0 radical (unpaired) electrons. The van der Waals surface area contributed by atoms with Crippen molar-refractivity contribution >= 4 is 17.9 Å². The van der Waals surface area contributed by atoms with Gasteiger partial charge in [0.1, 0.15) is 13.2 Å². The number of rotatable bonds is 59. The number of carbonyl (C=O) groups is 3. The molecule has 0 aromatic heterocycles. The Balaban J connectivity index is 4.38. The summed E-state index contributed by atoms with van der Waals surface area (Å²) >= 11 is 0. The predicted molar refractivity (Wildman–Crippen MR) is 330 cm³/mol. The lowest BCUT2D eigenvalue weighted by atomic mass is 10.0. The van der Waals surface area contributed by atoms with E-state index in [1.54, 1.807) is 0 Å². The molecule has 0 amide bonds. The van der Waals surface area contributed by atoms with E-state index in [9.17, 15) is 14.4 Å². The van der Waals surface area contributed by atoms with Crippen molar-refractivity contribution in [1.82, 2.24) is 0 Å². The van der Waals surface area contributed by atoms with Gasteiger partial charge in [0.2, 0.25) is 0 Å². The van der Waals surface area contributed by atoms with Crippen LogP contribution >= 0.6 is 0 Å². The Morgan fingerprint density at radius 1 is 0.276 bits per heavy atom. The monoisotopic (exact) mass is 1060 g/mol. The van der Waals surface area contributed by atoms with Crippen LogP contribution in [0.2, 0.25) is 0 Å². The van der Waals surface area contributed by atoms with Gasteiger partial charge in [-0.25, -0.2) is 0 Å². The molecule has 0 fully saturated rings. The predicted octanol–water partition coefficient (Wildman–Crippen LogP) is 22.3. The molecule has 0 saturated carbocycles. The molecule has 0 heterocycles. The highest BCUT2D eigenvalue weighted by atomic mass is 16.6. The van der Waals surface area contributed by atoms with Crippen LogP contribution in [0, 0.1) is 0 Å². The summed E-state index contributed by atoms with van der Waals surface area (Å²) in [5.74, 6) is -0.897. The van der Waals surface area contributed by atoms with Crippen LogP contribution in [0.5, 0.6) is 0 Å². The number of ether oxygens (including phenoxy) is 3. The quantitative estimate of drug-likeness (QED) is 0.0261. The van der Waals surface area contributed by atoms with E-state index in [1.807, 2.05) is 0 Å². The number of hydrogen-bond donors (Lipinski definition) is 0. The molecule has 6 heteroatoms. The zero-order chi connectivity index (χ0) is 55.0. The van der Waals surface area contributed by atoms with Crippen LogP contribution in [-0.2, 0) is 28.6 Å². The second kappa shape index (κ2) is 64.1. The van der Waals surface area contributed by atoms with Crippen molar-refractivity contribution in [3.8, 4) is 0 Å². The van der Waals surface area contributed by atoms with Crippen LogP contribution in [-0.4, -0.2) is 37.2 Å². The molecule has 438 valence electrons. The number of hydrogen-bond acceptors (Lipinski definition) is 6. The summed E-state index contributed by atoms with van der Waals surface area (Å²) in [6.07, 6.45) is 84.4. The van der Waals surface area contributed by atoms with Crippen molar-refractivity contribution in [2.24, 2.45) is 0 Å². The maximum atomic E-state index is 12.9. The lowest BCUT2D eigenvalue weighted by Gasteiger charge is -2.18. The van der Waals surface area contributed by atoms with E-state index in [0.717, 1.165) is 109 Å².